The predicted octanol–water partition coefficient (Wildman–Crippen LogP) is 4.18. The van der Waals surface area contributed by atoms with Gasteiger partial charge in [0.15, 0.2) is 0 Å². The number of nitrogens with one attached hydrogen (secondary N) is 1. The molecule has 25 heavy (non-hydrogen) atoms. The lowest BCUT2D eigenvalue weighted by atomic mass is 9.96. The Morgan fingerprint density at radius 2 is 2.00 bits per heavy atom. The molecule has 4 heteroatoms. The minimum absolute atomic E-state index is 0.0749. The van der Waals surface area contributed by atoms with Gasteiger partial charge in [-0.15, -0.1) is 0 Å². The third-order valence-corrected chi connectivity index (χ3v) is 5.00. The fraction of sp³-hybridized carbons (Fsp3) is 0.381. The van der Waals surface area contributed by atoms with E-state index in [1.807, 2.05) is 18.2 Å². The molecule has 1 aliphatic rings. The van der Waals surface area contributed by atoms with Gasteiger partial charge >= 0.3 is 0 Å². The van der Waals surface area contributed by atoms with Crippen LogP contribution in [0.3, 0.4) is 0 Å². The highest BCUT2D eigenvalue weighted by molar-refractivity contribution is 6.30. The van der Waals surface area contributed by atoms with E-state index in [2.05, 4.69) is 47.5 Å². The first-order chi connectivity index (χ1) is 12.1. The maximum absolute atomic E-state index is 12.5. The summed E-state index contributed by atoms with van der Waals surface area (Å²) in [5.74, 6) is 0.244. The molecular formula is C21H25ClN2O. The van der Waals surface area contributed by atoms with Gasteiger partial charge < -0.3 is 5.32 Å². The van der Waals surface area contributed by atoms with Gasteiger partial charge in [0.1, 0.15) is 0 Å². The summed E-state index contributed by atoms with van der Waals surface area (Å²) in [4.78, 5) is 14.9. The summed E-state index contributed by atoms with van der Waals surface area (Å²) in [6.07, 6.45) is 2.03. The number of nitrogens with zero attached hydrogens (tertiary/aromatic N) is 1. The maximum Gasteiger partial charge on any atom is 0.224 e. The van der Waals surface area contributed by atoms with Crippen LogP contribution < -0.4 is 5.32 Å². The zero-order valence-electron chi connectivity index (χ0n) is 14.7. The van der Waals surface area contributed by atoms with Gasteiger partial charge in [0.2, 0.25) is 5.91 Å². The Bertz CT molecular complexity index is 714. The van der Waals surface area contributed by atoms with Gasteiger partial charge in [-0.2, -0.15) is 0 Å². The number of aryl methyl sites for hydroxylation is 1. The molecule has 1 amide bonds. The van der Waals surface area contributed by atoms with Gasteiger partial charge in [0, 0.05) is 24.7 Å². The molecule has 0 spiro atoms. The van der Waals surface area contributed by atoms with Gasteiger partial charge in [-0.3, -0.25) is 9.69 Å². The van der Waals surface area contributed by atoms with E-state index in [4.69, 9.17) is 11.6 Å². The number of hydrogen-bond acceptors (Lipinski definition) is 2. The molecule has 0 radical (unpaired) electrons. The van der Waals surface area contributed by atoms with Gasteiger partial charge in [-0.1, -0.05) is 53.6 Å². The van der Waals surface area contributed by atoms with Crippen LogP contribution >= 0.6 is 11.6 Å². The molecule has 1 N–H and O–H groups in total. The summed E-state index contributed by atoms with van der Waals surface area (Å²) in [6.45, 7) is 5.42. The average Bonchev–Trinajstić information content (AvgIpc) is 2.62. The van der Waals surface area contributed by atoms with Crippen LogP contribution in [0.1, 0.15) is 29.5 Å². The highest BCUT2D eigenvalue weighted by atomic mass is 35.5. The minimum Gasteiger partial charge on any atom is -0.352 e. The summed E-state index contributed by atoms with van der Waals surface area (Å²) < 4.78 is 0. The first-order valence-electron chi connectivity index (χ1n) is 8.90. The summed E-state index contributed by atoms with van der Waals surface area (Å²) in [6, 6.07) is 16.2. The van der Waals surface area contributed by atoms with Crippen LogP contribution in [0.5, 0.6) is 0 Å². The lowest BCUT2D eigenvalue weighted by Gasteiger charge is -2.32. The van der Waals surface area contributed by atoms with Crippen LogP contribution in [-0.4, -0.2) is 23.9 Å². The van der Waals surface area contributed by atoms with Crippen molar-refractivity contribution in [3.8, 4) is 0 Å². The molecule has 2 aromatic carbocycles. The summed E-state index contributed by atoms with van der Waals surface area (Å²) in [7, 11) is 0. The first-order valence-corrected chi connectivity index (χ1v) is 9.28. The molecular weight excluding hydrogens is 332 g/mol. The minimum atomic E-state index is 0.0749. The first kappa shape index (κ1) is 18.0. The number of likely N-dealkylation sites (tertiary alicyclic amines) is 1. The van der Waals surface area contributed by atoms with Crippen LogP contribution in [0.2, 0.25) is 5.02 Å². The second kappa shape index (κ2) is 8.50. The Kier molecular flexibility index (Phi) is 6.11. The van der Waals surface area contributed by atoms with E-state index in [0.717, 1.165) is 43.1 Å². The van der Waals surface area contributed by atoms with E-state index in [9.17, 15) is 4.79 Å². The SMILES string of the molecule is Cc1cccc(CNC(=O)C2CCCN(Cc3ccc(Cl)cc3)C2)c1. The molecule has 1 unspecified atom stereocenters. The summed E-state index contributed by atoms with van der Waals surface area (Å²) >= 11 is 5.95. The van der Waals surface area contributed by atoms with E-state index in [1.54, 1.807) is 0 Å². The Labute approximate surface area is 155 Å². The van der Waals surface area contributed by atoms with Gasteiger partial charge in [-0.05, 0) is 49.6 Å². The molecule has 2 aromatic rings. The molecule has 1 heterocycles. The van der Waals surface area contributed by atoms with E-state index in [1.165, 1.54) is 11.1 Å². The van der Waals surface area contributed by atoms with Crippen LogP contribution in [0.4, 0.5) is 0 Å². The normalized spacial score (nSPS) is 18.1. The van der Waals surface area contributed by atoms with Gasteiger partial charge in [0.05, 0.1) is 5.92 Å². The molecule has 3 rings (SSSR count). The van der Waals surface area contributed by atoms with Crippen molar-refractivity contribution in [2.75, 3.05) is 13.1 Å². The van der Waals surface area contributed by atoms with Crippen molar-refractivity contribution in [2.45, 2.75) is 32.9 Å². The number of rotatable bonds is 5. The molecule has 1 saturated heterocycles. The van der Waals surface area contributed by atoms with E-state index in [0.29, 0.717) is 6.54 Å². The molecule has 132 valence electrons. The fourth-order valence-corrected chi connectivity index (χ4v) is 3.54. The number of hydrogen-bond donors (Lipinski definition) is 1. The van der Waals surface area contributed by atoms with Crippen molar-refractivity contribution in [3.05, 3.63) is 70.2 Å². The van der Waals surface area contributed by atoms with Crippen molar-refractivity contribution in [1.29, 1.82) is 0 Å². The Morgan fingerprint density at radius 1 is 1.20 bits per heavy atom. The number of halogens is 1. The van der Waals surface area contributed by atoms with Crippen LogP contribution in [-0.2, 0) is 17.9 Å². The smallest absolute Gasteiger partial charge is 0.224 e. The Morgan fingerprint density at radius 3 is 2.76 bits per heavy atom. The quantitative estimate of drug-likeness (QED) is 0.871. The molecule has 1 fully saturated rings. The summed E-state index contributed by atoms with van der Waals surface area (Å²) in [5.41, 5.74) is 3.62. The lowest BCUT2D eigenvalue weighted by molar-refractivity contribution is -0.126. The monoisotopic (exact) mass is 356 g/mol. The zero-order chi connectivity index (χ0) is 17.6. The fourth-order valence-electron chi connectivity index (χ4n) is 3.42. The number of benzene rings is 2. The predicted molar refractivity (Wildman–Crippen MR) is 102 cm³/mol. The van der Waals surface area contributed by atoms with E-state index in [-0.39, 0.29) is 11.8 Å². The molecule has 3 nitrogen and oxygen atoms in total. The maximum atomic E-state index is 12.5. The van der Waals surface area contributed by atoms with Crippen molar-refractivity contribution in [1.82, 2.24) is 10.2 Å². The number of amides is 1. The largest absolute Gasteiger partial charge is 0.352 e. The van der Waals surface area contributed by atoms with Gasteiger partial charge in [0.25, 0.3) is 0 Å². The molecule has 0 aromatic heterocycles. The molecule has 0 saturated carbocycles. The molecule has 0 aliphatic carbocycles. The lowest BCUT2D eigenvalue weighted by Crippen LogP contribution is -2.42. The number of carbonyl (C=O) groups is 1. The molecule has 0 bridgehead atoms. The highest BCUT2D eigenvalue weighted by Crippen LogP contribution is 2.20. The molecule has 1 aliphatic heterocycles. The van der Waals surface area contributed by atoms with Crippen molar-refractivity contribution in [3.63, 3.8) is 0 Å². The molecule has 1 atom stereocenters. The third-order valence-electron chi connectivity index (χ3n) is 4.74. The third kappa shape index (κ3) is 5.32. The summed E-state index contributed by atoms with van der Waals surface area (Å²) in [5, 5.41) is 3.86. The van der Waals surface area contributed by atoms with Crippen LogP contribution in [0.25, 0.3) is 0 Å². The average molecular weight is 357 g/mol. The zero-order valence-corrected chi connectivity index (χ0v) is 15.4. The van der Waals surface area contributed by atoms with Crippen molar-refractivity contribution in [2.24, 2.45) is 5.92 Å². The highest BCUT2D eigenvalue weighted by Gasteiger charge is 2.25. The second-order valence-electron chi connectivity index (χ2n) is 6.91. The van der Waals surface area contributed by atoms with Gasteiger partial charge in [-0.25, -0.2) is 0 Å². The van der Waals surface area contributed by atoms with Crippen LogP contribution in [0.15, 0.2) is 48.5 Å². The number of carbonyl (C=O) groups excluding carboxylic acids is 1. The van der Waals surface area contributed by atoms with E-state index < -0.39 is 0 Å². The number of piperidine rings is 1. The van der Waals surface area contributed by atoms with Crippen LogP contribution in [0, 0.1) is 12.8 Å². The second-order valence-corrected chi connectivity index (χ2v) is 7.34. The Balaban J connectivity index is 1.51. The van der Waals surface area contributed by atoms with Crippen molar-refractivity contribution < 1.29 is 4.79 Å². The standard InChI is InChI=1S/C21H25ClN2O/c1-16-4-2-5-18(12-16)13-23-21(25)19-6-3-11-24(15-19)14-17-7-9-20(22)10-8-17/h2,4-5,7-10,12,19H,3,6,11,13-15H2,1H3,(H,23,25). The van der Waals surface area contributed by atoms with Crippen molar-refractivity contribution >= 4 is 17.5 Å². The Hall–Kier alpha value is -1.84. The van der Waals surface area contributed by atoms with E-state index >= 15 is 0 Å². The topological polar surface area (TPSA) is 32.3 Å².